The van der Waals surface area contributed by atoms with Crippen LogP contribution in [0.3, 0.4) is 0 Å². The minimum Gasteiger partial charge on any atom is -0.298 e. The fourth-order valence-corrected chi connectivity index (χ4v) is 3.35. The minimum atomic E-state index is -0.147. The summed E-state index contributed by atoms with van der Waals surface area (Å²) in [6.45, 7) is 1.92. The molecule has 7 heteroatoms. The third-order valence-corrected chi connectivity index (χ3v) is 4.63. The number of amides is 1. The standard InChI is InChI=1S/C17H13N5OS/c1-11-4-2-3-5-13(11)16(23)21-17-20-14-7-6-12(8-15(14)24-17)22-9-18-19-10-22/h2-10H,1H3,(H,20,21,23). The number of aromatic nitrogens is 4. The predicted molar refractivity (Wildman–Crippen MR) is 93.7 cm³/mol. The second-order valence-corrected chi connectivity index (χ2v) is 6.34. The minimum absolute atomic E-state index is 0.147. The van der Waals surface area contributed by atoms with Gasteiger partial charge in [0, 0.05) is 11.3 Å². The molecule has 24 heavy (non-hydrogen) atoms. The summed E-state index contributed by atoms with van der Waals surface area (Å²) >= 11 is 1.44. The number of nitrogens with one attached hydrogen (secondary N) is 1. The van der Waals surface area contributed by atoms with Gasteiger partial charge in [-0.2, -0.15) is 0 Å². The van der Waals surface area contributed by atoms with Crippen molar-refractivity contribution in [2.45, 2.75) is 6.92 Å². The van der Waals surface area contributed by atoms with Gasteiger partial charge in [0.15, 0.2) is 5.13 Å². The van der Waals surface area contributed by atoms with Crippen molar-refractivity contribution in [1.82, 2.24) is 19.7 Å². The van der Waals surface area contributed by atoms with E-state index in [9.17, 15) is 4.79 Å². The molecule has 0 aliphatic rings. The molecule has 0 saturated carbocycles. The molecule has 0 fully saturated rings. The molecule has 4 aromatic rings. The quantitative estimate of drug-likeness (QED) is 0.622. The van der Waals surface area contributed by atoms with Crippen LogP contribution in [-0.4, -0.2) is 25.7 Å². The highest BCUT2D eigenvalue weighted by atomic mass is 32.1. The van der Waals surface area contributed by atoms with Crippen molar-refractivity contribution in [3.8, 4) is 5.69 Å². The lowest BCUT2D eigenvalue weighted by molar-refractivity contribution is 0.102. The summed E-state index contributed by atoms with van der Waals surface area (Å²) in [6.07, 6.45) is 3.28. The molecule has 0 unspecified atom stereocenters. The molecule has 0 aliphatic carbocycles. The number of anilines is 1. The predicted octanol–water partition coefficient (Wildman–Crippen LogP) is 3.44. The van der Waals surface area contributed by atoms with Crippen molar-refractivity contribution in [3.63, 3.8) is 0 Å². The second-order valence-electron chi connectivity index (χ2n) is 5.31. The lowest BCUT2D eigenvalue weighted by Crippen LogP contribution is -2.12. The van der Waals surface area contributed by atoms with E-state index in [4.69, 9.17) is 0 Å². The first-order chi connectivity index (χ1) is 11.7. The largest absolute Gasteiger partial charge is 0.298 e. The van der Waals surface area contributed by atoms with Gasteiger partial charge in [-0.1, -0.05) is 29.5 Å². The molecule has 0 saturated heterocycles. The first-order valence-corrected chi connectivity index (χ1v) is 8.15. The van der Waals surface area contributed by atoms with E-state index in [2.05, 4.69) is 20.5 Å². The average Bonchev–Trinajstić information content (AvgIpc) is 3.23. The van der Waals surface area contributed by atoms with Gasteiger partial charge in [0.25, 0.3) is 5.91 Å². The van der Waals surface area contributed by atoms with Crippen molar-refractivity contribution in [3.05, 3.63) is 66.2 Å². The maximum atomic E-state index is 12.4. The van der Waals surface area contributed by atoms with Crippen LogP contribution in [-0.2, 0) is 0 Å². The number of carbonyl (C=O) groups excluding carboxylic acids is 1. The van der Waals surface area contributed by atoms with E-state index in [1.165, 1.54) is 11.3 Å². The normalized spacial score (nSPS) is 10.9. The first kappa shape index (κ1) is 14.5. The van der Waals surface area contributed by atoms with Gasteiger partial charge in [-0.3, -0.25) is 14.7 Å². The van der Waals surface area contributed by atoms with Gasteiger partial charge < -0.3 is 0 Å². The number of hydrogen-bond donors (Lipinski definition) is 1. The van der Waals surface area contributed by atoms with Gasteiger partial charge in [0.05, 0.1) is 10.2 Å². The molecule has 0 radical (unpaired) electrons. The number of thiazole rings is 1. The number of hydrogen-bond acceptors (Lipinski definition) is 5. The second kappa shape index (κ2) is 5.86. The van der Waals surface area contributed by atoms with E-state index in [1.807, 2.05) is 54.0 Å². The Hall–Kier alpha value is -3.06. The fourth-order valence-electron chi connectivity index (χ4n) is 2.45. The van der Waals surface area contributed by atoms with Crippen LogP contribution in [0.2, 0.25) is 0 Å². The Labute approximate surface area is 141 Å². The first-order valence-electron chi connectivity index (χ1n) is 7.33. The van der Waals surface area contributed by atoms with E-state index in [-0.39, 0.29) is 5.91 Å². The van der Waals surface area contributed by atoms with Gasteiger partial charge in [0.2, 0.25) is 0 Å². The van der Waals surface area contributed by atoms with Crippen LogP contribution in [0, 0.1) is 6.92 Å². The van der Waals surface area contributed by atoms with E-state index in [0.717, 1.165) is 21.5 Å². The highest BCUT2D eigenvalue weighted by Crippen LogP contribution is 2.28. The SMILES string of the molecule is Cc1ccccc1C(=O)Nc1nc2ccc(-n3cnnc3)cc2s1. The van der Waals surface area contributed by atoms with Gasteiger partial charge in [-0.25, -0.2) is 4.98 Å². The molecule has 0 spiro atoms. The molecule has 2 aromatic carbocycles. The van der Waals surface area contributed by atoms with Crippen molar-refractivity contribution in [1.29, 1.82) is 0 Å². The Morgan fingerprint density at radius 1 is 1.12 bits per heavy atom. The van der Waals surface area contributed by atoms with Crippen molar-refractivity contribution in [2.24, 2.45) is 0 Å². The average molecular weight is 335 g/mol. The molecule has 2 aromatic heterocycles. The third kappa shape index (κ3) is 2.65. The monoisotopic (exact) mass is 335 g/mol. The smallest absolute Gasteiger partial charge is 0.257 e. The summed E-state index contributed by atoms with van der Waals surface area (Å²) in [5, 5.41) is 11.1. The molecular weight excluding hydrogens is 322 g/mol. The topological polar surface area (TPSA) is 72.7 Å². The lowest BCUT2D eigenvalue weighted by atomic mass is 10.1. The molecule has 0 aliphatic heterocycles. The molecule has 0 bridgehead atoms. The molecule has 0 atom stereocenters. The third-order valence-electron chi connectivity index (χ3n) is 3.70. The van der Waals surface area contributed by atoms with Crippen LogP contribution < -0.4 is 5.32 Å². The summed E-state index contributed by atoms with van der Waals surface area (Å²) in [4.78, 5) is 16.9. The summed E-state index contributed by atoms with van der Waals surface area (Å²) in [7, 11) is 0. The van der Waals surface area contributed by atoms with Crippen LogP contribution in [0.1, 0.15) is 15.9 Å². The van der Waals surface area contributed by atoms with Gasteiger partial charge in [0.1, 0.15) is 12.7 Å². The summed E-state index contributed by atoms with van der Waals surface area (Å²) < 4.78 is 2.81. The highest BCUT2D eigenvalue weighted by molar-refractivity contribution is 7.22. The molecule has 118 valence electrons. The Morgan fingerprint density at radius 3 is 2.71 bits per heavy atom. The van der Waals surface area contributed by atoms with Crippen molar-refractivity contribution < 1.29 is 4.79 Å². The molecule has 1 amide bonds. The van der Waals surface area contributed by atoms with Gasteiger partial charge >= 0.3 is 0 Å². The zero-order valence-electron chi connectivity index (χ0n) is 12.8. The number of nitrogens with zero attached hydrogens (tertiary/aromatic N) is 4. The molecule has 6 nitrogen and oxygen atoms in total. The summed E-state index contributed by atoms with van der Waals surface area (Å²) in [5.74, 6) is -0.147. The summed E-state index contributed by atoms with van der Waals surface area (Å²) in [5.41, 5.74) is 3.39. The van der Waals surface area contributed by atoms with Gasteiger partial charge in [-0.15, -0.1) is 10.2 Å². The van der Waals surface area contributed by atoms with E-state index < -0.39 is 0 Å². The zero-order chi connectivity index (χ0) is 16.5. The van der Waals surface area contributed by atoms with E-state index >= 15 is 0 Å². The lowest BCUT2D eigenvalue weighted by Gasteiger charge is -2.04. The fraction of sp³-hybridized carbons (Fsp3) is 0.0588. The maximum absolute atomic E-state index is 12.4. The van der Waals surface area contributed by atoms with Crippen LogP contribution in [0.25, 0.3) is 15.9 Å². The Morgan fingerprint density at radius 2 is 1.92 bits per heavy atom. The maximum Gasteiger partial charge on any atom is 0.257 e. The van der Waals surface area contributed by atoms with E-state index in [0.29, 0.717) is 10.7 Å². The molecule has 2 heterocycles. The Kier molecular flexibility index (Phi) is 3.55. The number of carbonyl (C=O) groups is 1. The van der Waals surface area contributed by atoms with Crippen molar-refractivity contribution >= 4 is 32.6 Å². The summed E-state index contributed by atoms with van der Waals surface area (Å²) in [6, 6.07) is 13.4. The van der Waals surface area contributed by atoms with Crippen LogP contribution in [0.5, 0.6) is 0 Å². The number of benzene rings is 2. The number of fused-ring (bicyclic) bond motifs is 1. The highest BCUT2D eigenvalue weighted by Gasteiger charge is 2.12. The van der Waals surface area contributed by atoms with Crippen molar-refractivity contribution in [2.75, 3.05) is 5.32 Å². The van der Waals surface area contributed by atoms with Gasteiger partial charge in [-0.05, 0) is 36.8 Å². The Bertz CT molecular complexity index is 1020. The van der Waals surface area contributed by atoms with Crippen LogP contribution in [0.4, 0.5) is 5.13 Å². The molecule has 1 N–H and O–H groups in total. The van der Waals surface area contributed by atoms with Crippen LogP contribution in [0.15, 0.2) is 55.1 Å². The van der Waals surface area contributed by atoms with E-state index in [1.54, 1.807) is 12.7 Å². The molecular formula is C17H13N5OS. The molecule has 4 rings (SSSR count). The number of aryl methyl sites for hydroxylation is 1. The van der Waals surface area contributed by atoms with Crippen LogP contribution >= 0.6 is 11.3 Å². The zero-order valence-corrected chi connectivity index (χ0v) is 13.6. The number of rotatable bonds is 3. The Balaban J connectivity index is 1.63.